The molecule has 1 heterocycles. The van der Waals surface area contributed by atoms with Crippen molar-refractivity contribution in [2.75, 3.05) is 0 Å². The molecule has 0 radical (unpaired) electrons. The van der Waals surface area contributed by atoms with Crippen LogP contribution in [-0.4, -0.2) is 17.1 Å². The van der Waals surface area contributed by atoms with Gasteiger partial charge in [-0.2, -0.15) is 13.2 Å². The van der Waals surface area contributed by atoms with Crippen LogP contribution in [0.2, 0.25) is 0 Å². The summed E-state index contributed by atoms with van der Waals surface area (Å²) >= 11 is 0. The summed E-state index contributed by atoms with van der Waals surface area (Å²) in [5, 5.41) is 8.89. The minimum atomic E-state index is -4.46. The number of carboxylic acids is 1. The van der Waals surface area contributed by atoms with Crippen molar-refractivity contribution in [2.24, 2.45) is 11.3 Å². The van der Waals surface area contributed by atoms with Gasteiger partial charge in [-0.3, -0.25) is 0 Å². The number of aromatic nitrogens is 1. The summed E-state index contributed by atoms with van der Waals surface area (Å²) in [5.41, 5.74) is 3.72. The number of hydrogen-bond acceptors (Lipinski definition) is 4. The molecule has 1 aliphatic rings. The molecule has 0 unspecified atom stereocenters. The van der Waals surface area contributed by atoms with Gasteiger partial charge in [0, 0.05) is 5.97 Å². The van der Waals surface area contributed by atoms with Crippen LogP contribution in [0.3, 0.4) is 0 Å². The van der Waals surface area contributed by atoms with E-state index in [1.807, 2.05) is 0 Å². The Kier molecular flexibility index (Phi) is 8.07. The zero-order valence-electron chi connectivity index (χ0n) is 16.4. The predicted octanol–water partition coefficient (Wildman–Crippen LogP) is 2.58. The van der Waals surface area contributed by atoms with Gasteiger partial charge in [-0.1, -0.05) is 20.8 Å². The number of carbonyl (C=O) groups excluding carboxylic acids is 1. The number of quaternary nitrogens is 1. The second kappa shape index (κ2) is 9.39. The summed E-state index contributed by atoms with van der Waals surface area (Å²) in [6.45, 7) is 8.02. The number of alkyl halides is 3. The summed E-state index contributed by atoms with van der Waals surface area (Å²) in [4.78, 5) is 12.6. The van der Waals surface area contributed by atoms with E-state index in [0.29, 0.717) is 18.0 Å². The van der Waals surface area contributed by atoms with Gasteiger partial charge in [0.25, 0.3) is 0 Å². The lowest BCUT2D eigenvalue weighted by molar-refractivity contribution is -0.386. The summed E-state index contributed by atoms with van der Waals surface area (Å²) in [5.74, 6) is -0.363. The van der Waals surface area contributed by atoms with Crippen molar-refractivity contribution in [1.82, 2.24) is 4.98 Å². The van der Waals surface area contributed by atoms with Gasteiger partial charge in [-0.05, 0) is 56.1 Å². The van der Waals surface area contributed by atoms with Gasteiger partial charge >= 0.3 is 6.18 Å². The minimum Gasteiger partial charge on any atom is -0.550 e. The highest BCUT2D eigenvalue weighted by Crippen LogP contribution is 2.39. The second-order valence-corrected chi connectivity index (χ2v) is 7.86. The summed E-state index contributed by atoms with van der Waals surface area (Å²) in [6.07, 6.45) is -0.733. The van der Waals surface area contributed by atoms with Gasteiger partial charge in [-0.25, -0.2) is 4.98 Å². The first kappa shape index (κ1) is 23.2. The molecule has 0 spiro atoms. The summed E-state index contributed by atoms with van der Waals surface area (Å²) in [6, 6.07) is 2.41. The molecule has 1 saturated carbocycles. The highest BCUT2D eigenvalue weighted by atomic mass is 19.4. The Labute approximate surface area is 158 Å². The van der Waals surface area contributed by atoms with Gasteiger partial charge in [0.05, 0.1) is 5.56 Å². The molecule has 0 bridgehead atoms. The molecule has 0 amide bonds. The standard InChI is InChI=1S/C17H25F3N2O.C2H4O2/c1-16(2,3)12-5-7-13(8-6-12)23-15-11(10-21)4-9-14(22-15)17(18,19)20;1-2(3)4/h4,9,12-13H,5-8,10,21H2,1-3H3;1H3,(H,3,4). The van der Waals surface area contributed by atoms with Crippen molar-refractivity contribution < 1.29 is 33.5 Å². The molecule has 1 aromatic heterocycles. The maximum atomic E-state index is 12.8. The quantitative estimate of drug-likeness (QED) is 0.859. The Morgan fingerprint density at radius 1 is 1.22 bits per heavy atom. The van der Waals surface area contributed by atoms with Crippen LogP contribution in [-0.2, 0) is 17.5 Å². The number of carbonyl (C=O) groups is 1. The minimum absolute atomic E-state index is 0.0603. The molecule has 0 atom stereocenters. The molecule has 1 fully saturated rings. The van der Waals surface area contributed by atoms with Gasteiger partial charge in [-0.15, -0.1) is 0 Å². The van der Waals surface area contributed by atoms with Crippen LogP contribution in [0.15, 0.2) is 12.1 Å². The molecule has 5 nitrogen and oxygen atoms in total. The number of ether oxygens (including phenoxy) is 1. The Morgan fingerprint density at radius 3 is 2.15 bits per heavy atom. The van der Waals surface area contributed by atoms with E-state index in [-0.39, 0.29) is 17.4 Å². The fourth-order valence-electron chi connectivity index (χ4n) is 3.12. The fraction of sp³-hybridized carbons (Fsp3) is 0.684. The normalized spacial score (nSPS) is 20.4. The highest BCUT2D eigenvalue weighted by molar-refractivity contribution is 5.60. The number of pyridine rings is 1. The van der Waals surface area contributed by atoms with Gasteiger partial charge in [0.2, 0.25) is 5.88 Å². The SMILES string of the molecule is CC(=O)[O-].CC(C)(C)C1CCC(Oc2nc(C(F)(F)F)ccc2C[NH3+])CC1. The smallest absolute Gasteiger partial charge is 0.433 e. The van der Waals surface area contributed by atoms with Crippen molar-refractivity contribution in [3.8, 4) is 5.88 Å². The number of rotatable bonds is 3. The first-order valence-electron chi connectivity index (χ1n) is 9.05. The van der Waals surface area contributed by atoms with Gasteiger partial charge < -0.3 is 20.4 Å². The molecular weight excluding hydrogens is 361 g/mol. The van der Waals surface area contributed by atoms with E-state index in [1.165, 1.54) is 6.07 Å². The number of hydrogen-bond donors (Lipinski definition) is 1. The fourth-order valence-corrected chi connectivity index (χ4v) is 3.12. The lowest BCUT2D eigenvalue weighted by Gasteiger charge is -2.36. The average molecular weight is 390 g/mol. The van der Waals surface area contributed by atoms with Crippen molar-refractivity contribution in [3.63, 3.8) is 0 Å². The van der Waals surface area contributed by atoms with E-state index < -0.39 is 17.8 Å². The Morgan fingerprint density at radius 2 is 1.74 bits per heavy atom. The summed E-state index contributed by atoms with van der Waals surface area (Å²) < 4.78 is 44.3. The average Bonchev–Trinajstić information content (AvgIpc) is 2.53. The van der Waals surface area contributed by atoms with Crippen LogP contribution >= 0.6 is 0 Å². The molecule has 0 aliphatic heterocycles. The maximum absolute atomic E-state index is 12.8. The molecule has 0 saturated heterocycles. The maximum Gasteiger partial charge on any atom is 0.433 e. The van der Waals surface area contributed by atoms with Crippen LogP contribution in [0, 0.1) is 11.3 Å². The molecule has 0 aromatic carbocycles. The number of nitrogens with zero attached hydrogens (tertiary/aromatic N) is 1. The topological polar surface area (TPSA) is 89.9 Å². The Bertz CT molecular complexity index is 616. The highest BCUT2D eigenvalue weighted by Gasteiger charge is 2.34. The van der Waals surface area contributed by atoms with E-state index in [1.54, 1.807) is 0 Å². The van der Waals surface area contributed by atoms with E-state index in [9.17, 15) is 13.2 Å². The lowest BCUT2D eigenvalue weighted by atomic mass is 9.72. The predicted molar refractivity (Wildman–Crippen MR) is 92.3 cm³/mol. The summed E-state index contributed by atoms with van der Waals surface area (Å²) in [7, 11) is 0. The van der Waals surface area contributed by atoms with Gasteiger partial charge in [0.1, 0.15) is 18.3 Å². The third-order valence-corrected chi connectivity index (χ3v) is 4.68. The lowest BCUT2D eigenvalue weighted by Crippen LogP contribution is -2.47. The number of halogens is 3. The first-order valence-corrected chi connectivity index (χ1v) is 9.05. The molecule has 154 valence electrons. The van der Waals surface area contributed by atoms with Crippen LogP contribution < -0.4 is 15.6 Å². The Hall–Kier alpha value is -1.83. The Balaban J connectivity index is 0.000000828. The molecule has 1 aromatic rings. The molecule has 8 heteroatoms. The van der Waals surface area contributed by atoms with E-state index >= 15 is 0 Å². The van der Waals surface area contributed by atoms with Crippen LogP contribution in [0.25, 0.3) is 0 Å². The van der Waals surface area contributed by atoms with E-state index in [2.05, 4.69) is 31.5 Å². The zero-order valence-corrected chi connectivity index (χ0v) is 16.4. The van der Waals surface area contributed by atoms with E-state index in [4.69, 9.17) is 14.6 Å². The second-order valence-electron chi connectivity index (χ2n) is 7.86. The molecule has 1 aliphatic carbocycles. The third kappa shape index (κ3) is 7.74. The van der Waals surface area contributed by atoms with Crippen molar-refractivity contribution in [1.29, 1.82) is 0 Å². The van der Waals surface area contributed by atoms with Crippen molar-refractivity contribution in [2.45, 2.75) is 72.2 Å². The first-order chi connectivity index (χ1) is 12.3. The van der Waals surface area contributed by atoms with Gasteiger partial charge in [0.15, 0.2) is 0 Å². The van der Waals surface area contributed by atoms with Crippen LogP contribution in [0.5, 0.6) is 5.88 Å². The molecular formula is C19H29F3N2O3. The molecule has 27 heavy (non-hydrogen) atoms. The van der Waals surface area contributed by atoms with Crippen LogP contribution in [0.4, 0.5) is 13.2 Å². The van der Waals surface area contributed by atoms with Crippen molar-refractivity contribution >= 4 is 5.97 Å². The number of carboxylic acid groups (broad SMARTS) is 1. The monoisotopic (exact) mass is 390 g/mol. The van der Waals surface area contributed by atoms with Crippen LogP contribution in [0.1, 0.15) is 64.6 Å². The largest absolute Gasteiger partial charge is 0.550 e. The zero-order chi connectivity index (χ0) is 20.8. The molecule has 2 rings (SSSR count). The van der Waals surface area contributed by atoms with Crippen molar-refractivity contribution in [3.05, 3.63) is 23.4 Å². The molecule has 3 N–H and O–H groups in total. The number of aliphatic carboxylic acids is 1. The van der Waals surface area contributed by atoms with E-state index in [0.717, 1.165) is 38.7 Å². The third-order valence-electron chi connectivity index (χ3n) is 4.68.